The molecule has 19 heavy (non-hydrogen) atoms. The zero-order valence-corrected chi connectivity index (χ0v) is 11.5. The molecule has 4 heteroatoms. The first kappa shape index (κ1) is 12.2. The van der Waals surface area contributed by atoms with Crippen LogP contribution in [0.25, 0.3) is 0 Å². The van der Waals surface area contributed by atoms with Crippen LogP contribution in [0, 0.1) is 5.41 Å². The number of thiophene rings is 1. The highest BCUT2D eigenvalue weighted by molar-refractivity contribution is 7.09. The summed E-state index contributed by atoms with van der Waals surface area (Å²) in [5, 5.41) is 9.56. The highest BCUT2D eigenvalue weighted by Gasteiger charge is 2.29. The van der Waals surface area contributed by atoms with E-state index in [1.807, 2.05) is 12.1 Å². The Hall–Kier alpha value is -1.81. The summed E-state index contributed by atoms with van der Waals surface area (Å²) >= 11 is 1.80. The van der Waals surface area contributed by atoms with Crippen LogP contribution < -0.4 is 10.6 Å². The van der Waals surface area contributed by atoms with Crippen molar-refractivity contribution in [3.63, 3.8) is 0 Å². The van der Waals surface area contributed by atoms with Gasteiger partial charge in [0.15, 0.2) is 0 Å². The molecule has 0 radical (unpaired) electrons. The summed E-state index contributed by atoms with van der Waals surface area (Å²) < 4.78 is 0. The van der Waals surface area contributed by atoms with Gasteiger partial charge in [0.1, 0.15) is 5.84 Å². The molecule has 3 nitrogen and oxygen atoms in total. The van der Waals surface area contributed by atoms with Crippen LogP contribution >= 0.6 is 11.3 Å². The molecule has 1 aliphatic carbocycles. The van der Waals surface area contributed by atoms with E-state index >= 15 is 0 Å². The van der Waals surface area contributed by atoms with Crippen LogP contribution in [0.3, 0.4) is 0 Å². The minimum atomic E-state index is 0.128. The van der Waals surface area contributed by atoms with E-state index in [1.165, 1.54) is 23.4 Å². The smallest absolute Gasteiger partial charge is 0.122 e. The second kappa shape index (κ2) is 5.05. The van der Waals surface area contributed by atoms with Gasteiger partial charge in [0, 0.05) is 22.2 Å². The fourth-order valence-corrected chi connectivity index (χ4v) is 2.92. The molecule has 3 rings (SSSR count). The maximum atomic E-state index is 7.43. The Morgan fingerprint density at radius 3 is 2.53 bits per heavy atom. The molecule has 0 spiro atoms. The summed E-state index contributed by atoms with van der Waals surface area (Å²) in [4.78, 5) is 3.85. The third kappa shape index (κ3) is 2.79. The Morgan fingerprint density at radius 1 is 1.26 bits per heavy atom. The molecule has 0 saturated heterocycles. The van der Waals surface area contributed by atoms with E-state index in [9.17, 15) is 0 Å². The number of nitrogens with one attached hydrogen (secondary N) is 1. The highest BCUT2D eigenvalue weighted by atomic mass is 32.1. The summed E-state index contributed by atoms with van der Waals surface area (Å²) in [5.41, 5.74) is 7.50. The first-order chi connectivity index (χ1) is 9.24. The zero-order chi connectivity index (χ0) is 13.2. The van der Waals surface area contributed by atoms with E-state index in [2.05, 4.69) is 34.5 Å². The Bertz CT molecular complexity index is 556. The van der Waals surface area contributed by atoms with E-state index in [1.54, 1.807) is 11.3 Å². The first-order valence-electron chi connectivity index (χ1n) is 6.47. The van der Waals surface area contributed by atoms with E-state index in [0.29, 0.717) is 6.04 Å². The molecule has 98 valence electrons. The van der Waals surface area contributed by atoms with Crippen molar-refractivity contribution in [2.75, 3.05) is 4.90 Å². The molecule has 1 heterocycles. The SMILES string of the molecule is N=C(N)c1ccc(N(Cc2cccs2)C2CC2)cc1. The second-order valence-corrected chi connectivity index (χ2v) is 5.93. The van der Waals surface area contributed by atoms with Gasteiger partial charge in [-0.25, -0.2) is 0 Å². The Balaban J connectivity index is 1.81. The summed E-state index contributed by atoms with van der Waals surface area (Å²) in [7, 11) is 0. The molecule has 1 aromatic heterocycles. The Morgan fingerprint density at radius 2 is 2.00 bits per heavy atom. The van der Waals surface area contributed by atoms with Gasteiger partial charge in [-0.05, 0) is 48.6 Å². The Kier molecular flexibility index (Phi) is 3.25. The largest absolute Gasteiger partial charge is 0.384 e. The van der Waals surface area contributed by atoms with Crippen LogP contribution in [0.4, 0.5) is 5.69 Å². The lowest BCUT2D eigenvalue weighted by atomic mass is 10.1. The van der Waals surface area contributed by atoms with E-state index < -0.39 is 0 Å². The number of nitrogens with two attached hydrogens (primary N) is 1. The lowest BCUT2D eigenvalue weighted by molar-refractivity contribution is 0.803. The molecule has 0 atom stereocenters. The van der Waals surface area contributed by atoms with Crippen molar-refractivity contribution in [2.24, 2.45) is 5.73 Å². The second-order valence-electron chi connectivity index (χ2n) is 4.90. The predicted octanol–water partition coefficient (Wildman–Crippen LogP) is 3.20. The number of benzene rings is 1. The molecule has 0 unspecified atom stereocenters. The van der Waals surface area contributed by atoms with Gasteiger partial charge in [-0.1, -0.05) is 6.07 Å². The number of hydrogen-bond acceptors (Lipinski definition) is 3. The van der Waals surface area contributed by atoms with Gasteiger partial charge in [0.2, 0.25) is 0 Å². The summed E-state index contributed by atoms with van der Waals surface area (Å²) in [6, 6.07) is 13.0. The fraction of sp³-hybridized carbons (Fsp3) is 0.267. The topological polar surface area (TPSA) is 53.1 Å². The summed E-state index contributed by atoms with van der Waals surface area (Å²) in [5.74, 6) is 0.128. The van der Waals surface area contributed by atoms with Crippen molar-refractivity contribution >= 4 is 22.9 Å². The molecule has 0 aliphatic heterocycles. The van der Waals surface area contributed by atoms with Crippen LogP contribution in [0.2, 0.25) is 0 Å². The molecule has 1 fully saturated rings. The van der Waals surface area contributed by atoms with Crippen LogP contribution in [-0.2, 0) is 6.54 Å². The van der Waals surface area contributed by atoms with Gasteiger partial charge in [0.05, 0.1) is 6.54 Å². The minimum absolute atomic E-state index is 0.128. The maximum Gasteiger partial charge on any atom is 0.122 e. The van der Waals surface area contributed by atoms with Gasteiger partial charge in [-0.15, -0.1) is 11.3 Å². The highest BCUT2D eigenvalue weighted by Crippen LogP contribution is 2.33. The molecule has 0 bridgehead atoms. The molecule has 2 aromatic rings. The van der Waals surface area contributed by atoms with Crippen molar-refractivity contribution in [1.82, 2.24) is 0 Å². The van der Waals surface area contributed by atoms with Crippen molar-refractivity contribution in [3.8, 4) is 0 Å². The van der Waals surface area contributed by atoms with Gasteiger partial charge in [-0.2, -0.15) is 0 Å². The standard InChI is InChI=1S/C15H17N3S/c16-15(17)11-3-5-12(6-4-11)18(13-7-8-13)10-14-2-1-9-19-14/h1-6,9,13H,7-8,10H2,(H3,16,17). The number of anilines is 1. The average molecular weight is 271 g/mol. The normalized spacial score (nSPS) is 14.3. The molecule has 1 saturated carbocycles. The lowest BCUT2D eigenvalue weighted by Gasteiger charge is -2.24. The van der Waals surface area contributed by atoms with Gasteiger partial charge in [0.25, 0.3) is 0 Å². The number of hydrogen-bond donors (Lipinski definition) is 2. The molecular formula is C15H17N3S. The van der Waals surface area contributed by atoms with Crippen LogP contribution in [0.5, 0.6) is 0 Å². The van der Waals surface area contributed by atoms with E-state index in [0.717, 1.165) is 12.1 Å². The van der Waals surface area contributed by atoms with E-state index in [4.69, 9.17) is 11.1 Å². The predicted molar refractivity (Wildman–Crippen MR) is 81.0 cm³/mol. The molecule has 1 aromatic carbocycles. The minimum Gasteiger partial charge on any atom is -0.384 e. The average Bonchev–Trinajstić information content (AvgIpc) is 3.13. The maximum absolute atomic E-state index is 7.43. The third-order valence-corrected chi connectivity index (χ3v) is 4.27. The van der Waals surface area contributed by atoms with Crippen molar-refractivity contribution < 1.29 is 0 Å². The first-order valence-corrected chi connectivity index (χ1v) is 7.35. The number of rotatable bonds is 5. The monoisotopic (exact) mass is 271 g/mol. The lowest BCUT2D eigenvalue weighted by Crippen LogP contribution is -2.24. The van der Waals surface area contributed by atoms with Gasteiger partial charge < -0.3 is 10.6 Å². The number of nitrogen functional groups attached to an aromatic ring is 1. The van der Waals surface area contributed by atoms with Crippen LogP contribution in [0.1, 0.15) is 23.3 Å². The van der Waals surface area contributed by atoms with Crippen molar-refractivity contribution in [3.05, 3.63) is 52.2 Å². The molecular weight excluding hydrogens is 254 g/mol. The van der Waals surface area contributed by atoms with Crippen molar-refractivity contribution in [1.29, 1.82) is 5.41 Å². The molecule has 3 N–H and O–H groups in total. The number of nitrogens with zero attached hydrogens (tertiary/aromatic N) is 1. The quantitative estimate of drug-likeness (QED) is 0.648. The van der Waals surface area contributed by atoms with E-state index in [-0.39, 0.29) is 5.84 Å². The van der Waals surface area contributed by atoms with Crippen LogP contribution in [0.15, 0.2) is 41.8 Å². The van der Waals surface area contributed by atoms with Gasteiger partial charge in [-0.3, -0.25) is 5.41 Å². The third-order valence-electron chi connectivity index (χ3n) is 3.40. The molecule has 1 aliphatic rings. The van der Waals surface area contributed by atoms with Crippen molar-refractivity contribution in [2.45, 2.75) is 25.4 Å². The summed E-state index contributed by atoms with van der Waals surface area (Å²) in [6.45, 7) is 0.974. The number of amidine groups is 1. The summed E-state index contributed by atoms with van der Waals surface area (Å²) in [6.07, 6.45) is 2.56. The van der Waals surface area contributed by atoms with Crippen LogP contribution in [-0.4, -0.2) is 11.9 Å². The Labute approximate surface area is 117 Å². The zero-order valence-electron chi connectivity index (χ0n) is 10.7. The fourth-order valence-electron chi connectivity index (χ4n) is 2.22. The van der Waals surface area contributed by atoms with Gasteiger partial charge >= 0.3 is 0 Å². The molecule has 0 amide bonds.